The molecule has 0 saturated carbocycles. The van der Waals surface area contributed by atoms with Gasteiger partial charge in [-0.15, -0.1) is 0 Å². The second-order valence-electron chi connectivity index (χ2n) is 6.35. The predicted molar refractivity (Wildman–Crippen MR) is 106 cm³/mol. The molecule has 0 aliphatic carbocycles. The highest BCUT2D eigenvalue weighted by molar-refractivity contribution is 9.10. The SMILES string of the molecule is CC1(C)CSC(N(CC(=O)c2ccc(Br)cc2)c2ccccc2)=N1. The van der Waals surface area contributed by atoms with Gasteiger partial charge in [0.1, 0.15) is 0 Å². The molecule has 0 spiro atoms. The molecule has 1 aliphatic rings. The monoisotopic (exact) mass is 402 g/mol. The van der Waals surface area contributed by atoms with Crippen LogP contribution >= 0.6 is 27.7 Å². The Morgan fingerprint density at radius 3 is 2.42 bits per heavy atom. The lowest BCUT2D eigenvalue weighted by Gasteiger charge is -2.23. The van der Waals surface area contributed by atoms with E-state index in [9.17, 15) is 4.79 Å². The zero-order chi connectivity index (χ0) is 17.2. The molecular weight excluding hydrogens is 384 g/mol. The number of Topliss-reactive ketones (excluding diaryl/α,β-unsaturated/α-hetero) is 1. The highest BCUT2D eigenvalue weighted by Gasteiger charge is 2.30. The Bertz CT molecular complexity index is 757. The van der Waals surface area contributed by atoms with Crippen molar-refractivity contribution >= 4 is 44.3 Å². The standard InChI is InChI=1S/C19H19BrN2OS/c1-19(2)13-24-18(21-19)22(16-6-4-3-5-7-16)12-17(23)14-8-10-15(20)11-9-14/h3-11H,12-13H2,1-2H3. The Balaban J connectivity index is 1.88. The largest absolute Gasteiger partial charge is 0.313 e. The van der Waals surface area contributed by atoms with E-state index in [1.165, 1.54) is 0 Å². The van der Waals surface area contributed by atoms with Crippen molar-refractivity contribution in [1.82, 2.24) is 0 Å². The van der Waals surface area contributed by atoms with Crippen molar-refractivity contribution in [3.8, 4) is 0 Å². The molecule has 0 atom stereocenters. The molecule has 0 bridgehead atoms. The van der Waals surface area contributed by atoms with Crippen molar-refractivity contribution in [3.63, 3.8) is 0 Å². The van der Waals surface area contributed by atoms with Crippen LogP contribution in [0.2, 0.25) is 0 Å². The number of rotatable bonds is 4. The molecule has 2 aromatic carbocycles. The Labute approximate surface area is 155 Å². The molecule has 0 saturated heterocycles. The number of halogens is 1. The van der Waals surface area contributed by atoms with Crippen LogP contribution in [0.25, 0.3) is 0 Å². The number of carbonyl (C=O) groups excluding carboxylic acids is 1. The summed E-state index contributed by atoms with van der Waals surface area (Å²) in [5.74, 6) is 1.01. The number of thioether (sulfide) groups is 1. The molecule has 0 N–H and O–H groups in total. The summed E-state index contributed by atoms with van der Waals surface area (Å²) >= 11 is 5.11. The minimum Gasteiger partial charge on any atom is -0.313 e. The summed E-state index contributed by atoms with van der Waals surface area (Å²) in [7, 11) is 0. The topological polar surface area (TPSA) is 32.7 Å². The smallest absolute Gasteiger partial charge is 0.182 e. The van der Waals surface area contributed by atoms with Crippen molar-refractivity contribution in [2.75, 3.05) is 17.2 Å². The van der Waals surface area contributed by atoms with Crippen LogP contribution in [0.1, 0.15) is 24.2 Å². The summed E-state index contributed by atoms with van der Waals surface area (Å²) < 4.78 is 0.969. The van der Waals surface area contributed by atoms with Gasteiger partial charge in [-0.3, -0.25) is 9.79 Å². The normalized spacial score (nSPS) is 15.9. The number of amidine groups is 1. The van der Waals surface area contributed by atoms with E-state index in [-0.39, 0.29) is 17.9 Å². The first kappa shape index (κ1) is 17.2. The van der Waals surface area contributed by atoms with Gasteiger partial charge in [0.25, 0.3) is 0 Å². The molecule has 1 heterocycles. The number of nitrogens with zero attached hydrogens (tertiary/aromatic N) is 2. The summed E-state index contributed by atoms with van der Waals surface area (Å²) in [6.45, 7) is 4.52. The first-order chi connectivity index (χ1) is 11.4. The van der Waals surface area contributed by atoms with E-state index in [4.69, 9.17) is 4.99 Å². The number of para-hydroxylation sites is 1. The third kappa shape index (κ3) is 4.08. The quantitative estimate of drug-likeness (QED) is 0.672. The number of benzene rings is 2. The van der Waals surface area contributed by atoms with Crippen LogP contribution in [0.15, 0.2) is 64.1 Å². The highest BCUT2D eigenvalue weighted by Crippen LogP contribution is 2.31. The molecule has 0 amide bonds. The van der Waals surface area contributed by atoms with E-state index in [1.54, 1.807) is 11.8 Å². The molecule has 5 heteroatoms. The molecule has 24 heavy (non-hydrogen) atoms. The fourth-order valence-electron chi connectivity index (χ4n) is 2.45. The van der Waals surface area contributed by atoms with Gasteiger partial charge in [0.2, 0.25) is 0 Å². The maximum absolute atomic E-state index is 12.7. The second-order valence-corrected chi connectivity index (χ2v) is 8.21. The summed E-state index contributed by atoms with van der Waals surface area (Å²) in [5.41, 5.74) is 1.61. The molecule has 1 aliphatic heterocycles. The number of hydrogen-bond donors (Lipinski definition) is 0. The zero-order valence-electron chi connectivity index (χ0n) is 13.7. The molecule has 124 valence electrons. The third-order valence-corrected chi connectivity index (χ3v) is 5.67. The first-order valence-electron chi connectivity index (χ1n) is 7.79. The van der Waals surface area contributed by atoms with Crippen LogP contribution in [0.3, 0.4) is 0 Å². The van der Waals surface area contributed by atoms with Crippen molar-refractivity contribution in [2.45, 2.75) is 19.4 Å². The third-order valence-electron chi connectivity index (χ3n) is 3.72. The zero-order valence-corrected chi connectivity index (χ0v) is 16.1. The summed E-state index contributed by atoms with van der Waals surface area (Å²) in [5, 5.41) is 0.914. The van der Waals surface area contributed by atoms with Gasteiger partial charge in [0.15, 0.2) is 11.0 Å². The summed E-state index contributed by atoms with van der Waals surface area (Å²) in [6, 6.07) is 17.5. The Hall–Kier alpha value is -1.59. The van der Waals surface area contributed by atoms with E-state index in [2.05, 4.69) is 29.8 Å². The lowest BCUT2D eigenvalue weighted by molar-refractivity contribution is 0.100. The van der Waals surface area contributed by atoms with Gasteiger partial charge < -0.3 is 4.90 Å². The van der Waals surface area contributed by atoms with Gasteiger partial charge in [-0.1, -0.05) is 58.0 Å². The van der Waals surface area contributed by atoms with Crippen LogP contribution in [-0.2, 0) is 0 Å². The average Bonchev–Trinajstić information content (AvgIpc) is 2.93. The van der Waals surface area contributed by atoms with E-state index >= 15 is 0 Å². The lowest BCUT2D eigenvalue weighted by atomic mass is 10.1. The minimum absolute atomic E-state index is 0.0827. The molecule has 0 unspecified atom stereocenters. The van der Waals surface area contributed by atoms with Crippen molar-refractivity contribution in [1.29, 1.82) is 0 Å². The van der Waals surface area contributed by atoms with E-state index in [0.29, 0.717) is 5.56 Å². The molecule has 0 radical (unpaired) electrons. The van der Waals surface area contributed by atoms with Gasteiger partial charge >= 0.3 is 0 Å². The average molecular weight is 403 g/mol. The molecule has 3 rings (SSSR count). The number of anilines is 1. The van der Waals surface area contributed by atoms with Crippen molar-refractivity contribution in [2.24, 2.45) is 4.99 Å². The number of hydrogen-bond acceptors (Lipinski definition) is 4. The van der Waals surface area contributed by atoms with Crippen molar-refractivity contribution < 1.29 is 4.79 Å². The van der Waals surface area contributed by atoms with Crippen LogP contribution in [0.5, 0.6) is 0 Å². The van der Waals surface area contributed by atoms with Gasteiger partial charge in [0, 0.05) is 21.5 Å². The van der Waals surface area contributed by atoms with Crippen LogP contribution in [0.4, 0.5) is 5.69 Å². The number of aliphatic imine (C=N–C) groups is 1. The van der Waals surface area contributed by atoms with Crippen LogP contribution < -0.4 is 4.90 Å². The van der Waals surface area contributed by atoms with Gasteiger partial charge in [-0.2, -0.15) is 0 Å². The minimum atomic E-state index is -0.0896. The Morgan fingerprint density at radius 1 is 1.17 bits per heavy atom. The van der Waals surface area contributed by atoms with Crippen molar-refractivity contribution in [3.05, 3.63) is 64.6 Å². The van der Waals surface area contributed by atoms with E-state index in [1.807, 2.05) is 59.5 Å². The summed E-state index contributed by atoms with van der Waals surface area (Å²) in [4.78, 5) is 19.6. The van der Waals surface area contributed by atoms with Gasteiger partial charge in [-0.25, -0.2) is 0 Å². The number of ketones is 1. The summed E-state index contributed by atoms with van der Waals surface area (Å²) in [6.07, 6.45) is 0. The molecule has 0 fully saturated rings. The molecular formula is C19H19BrN2OS. The number of carbonyl (C=O) groups is 1. The maximum Gasteiger partial charge on any atom is 0.182 e. The van der Waals surface area contributed by atoms with Crippen LogP contribution in [0, 0.1) is 0 Å². The highest BCUT2D eigenvalue weighted by atomic mass is 79.9. The predicted octanol–water partition coefficient (Wildman–Crippen LogP) is 5.02. The molecule has 2 aromatic rings. The van der Waals surface area contributed by atoms with E-state index < -0.39 is 0 Å². The molecule has 3 nitrogen and oxygen atoms in total. The fourth-order valence-corrected chi connectivity index (χ4v) is 3.90. The lowest BCUT2D eigenvalue weighted by Crippen LogP contribution is -2.33. The molecule has 0 aromatic heterocycles. The van der Waals surface area contributed by atoms with Crippen LogP contribution in [-0.4, -0.2) is 28.8 Å². The van der Waals surface area contributed by atoms with Gasteiger partial charge in [-0.05, 0) is 38.1 Å². The fraction of sp³-hybridized carbons (Fsp3) is 0.263. The maximum atomic E-state index is 12.7. The Kier molecular flexibility index (Phi) is 5.11. The van der Waals surface area contributed by atoms with Gasteiger partial charge in [0.05, 0.1) is 12.1 Å². The Morgan fingerprint density at radius 2 is 1.83 bits per heavy atom. The second kappa shape index (κ2) is 7.11. The first-order valence-corrected chi connectivity index (χ1v) is 9.56. The van der Waals surface area contributed by atoms with E-state index in [0.717, 1.165) is 21.1 Å².